The van der Waals surface area contributed by atoms with Gasteiger partial charge in [0.25, 0.3) is 5.56 Å². The maximum atomic E-state index is 12.3. The number of halogens is 1. The Morgan fingerprint density at radius 1 is 1.50 bits per heavy atom. The molecule has 0 spiro atoms. The van der Waals surface area contributed by atoms with E-state index in [0.717, 1.165) is 4.88 Å². The molecule has 0 fully saturated rings. The van der Waals surface area contributed by atoms with Crippen LogP contribution in [0.5, 0.6) is 0 Å². The first-order valence-corrected chi connectivity index (χ1v) is 9.41. The van der Waals surface area contributed by atoms with Crippen molar-refractivity contribution in [2.45, 2.75) is 32.6 Å². The summed E-state index contributed by atoms with van der Waals surface area (Å²) in [4.78, 5) is 32.5. The van der Waals surface area contributed by atoms with Gasteiger partial charge in [0.05, 0.1) is 4.88 Å². The molecular formula is C17H18ClN5O2S. The van der Waals surface area contributed by atoms with Crippen LogP contribution in [-0.2, 0) is 11.2 Å². The molecule has 0 aromatic carbocycles. The highest BCUT2D eigenvalue weighted by molar-refractivity contribution is 7.13. The molecule has 3 aromatic heterocycles. The third-order valence-electron chi connectivity index (χ3n) is 3.86. The molecule has 0 radical (unpaired) electrons. The molecule has 0 aliphatic heterocycles. The number of carbonyl (C=O) groups is 1. The highest BCUT2D eigenvalue weighted by Gasteiger charge is 2.18. The highest BCUT2D eigenvalue weighted by atomic mass is 35.5. The summed E-state index contributed by atoms with van der Waals surface area (Å²) in [7, 11) is 0. The molecule has 7 nitrogen and oxygen atoms in total. The number of H-pyrrole nitrogens is 1. The Morgan fingerprint density at radius 3 is 2.85 bits per heavy atom. The number of anilines is 1. The molecule has 0 aliphatic rings. The number of nitrogens with zero attached hydrogens (tertiary/aromatic N) is 3. The highest BCUT2D eigenvalue weighted by Crippen LogP contribution is 2.27. The fraction of sp³-hybridized carbons (Fsp3) is 0.294. The zero-order chi connectivity index (χ0) is 18.8. The SMILES string of the molecule is CCc1c(C)nc(-n2nc(-c3cccs3)cc2NC(=O)C(C)Cl)[nH]c1=O. The van der Waals surface area contributed by atoms with E-state index in [4.69, 9.17) is 11.6 Å². The smallest absolute Gasteiger partial charge is 0.255 e. The summed E-state index contributed by atoms with van der Waals surface area (Å²) >= 11 is 7.38. The Kier molecular flexibility index (Phi) is 5.24. The maximum Gasteiger partial charge on any atom is 0.255 e. The predicted octanol–water partition coefficient (Wildman–Crippen LogP) is 3.12. The van der Waals surface area contributed by atoms with Gasteiger partial charge < -0.3 is 5.32 Å². The number of rotatable bonds is 5. The van der Waals surface area contributed by atoms with Gasteiger partial charge in [-0.1, -0.05) is 13.0 Å². The lowest BCUT2D eigenvalue weighted by Crippen LogP contribution is -2.24. The van der Waals surface area contributed by atoms with E-state index in [9.17, 15) is 9.59 Å². The van der Waals surface area contributed by atoms with Gasteiger partial charge in [0.1, 0.15) is 16.9 Å². The Labute approximate surface area is 159 Å². The molecule has 9 heteroatoms. The summed E-state index contributed by atoms with van der Waals surface area (Å²) in [6.45, 7) is 5.26. The number of hydrogen-bond acceptors (Lipinski definition) is 5. The second kappa shape index (κ2) is 7.43. The van der Waals surface area contributed by atoms with Crippen LogP contribution in [0.3, 0.4) is 0 Å². The van der Waals surface area contributed by atoms with Crippen molar-refractivity contribution in [2.24, 2.45) is 0 Å². The van der Waals surface area contributed by atoms with Crippen molar-refractivity contribution in [3.05, 3.63) is 45.2 Å². The first-order chi connectivity index (χ1) is 12.4. The maximum absolute atomic E-state index is 12.3. The minimum Gasteiger partial charge on any atom is -0.309 e. The van der Waals surface area contributed by atoms with Gasteiger partial charge >= 0.3 is 0 Å². The van der Waals surface area contributed by atoms with Gasteiger partial charge in [0.15, 0.2) is 0 Å². The number of amides is 1. The van der Waals surface area contributed by atoms with Crippen LogP contribution in [0.15, 0.2) is 28.4 Å². The third kappa shape index (κ3) is 3.56. The number of alkyl halides is 1. The van der Waals surface area contributed by atoms with Crippen LogP contribution < -0.4 is 10.9 Å². The van der Waals surface area contributed by atoms with Crippen molar-refractivity contribution < 1.29 is 4.79 Å². The van der Waals surface area contributed by atoms with Crippen LogP contribution in [0, 0.1) is 6.92 Å². The lowest BCUT2D eigenvalue weighted by atomic mass is 10.2. The van der Waals surface area contributed by atoms with Gasteiger partial charge in [-0.3, -0.25) is 14.6 Å². The second-order valence-electron chi connectivity index (χ2n) is 5.72. The number of aromatic amines is 1. The average Bonchev–Trinajstić information content (AvgIpc) is 3.23. The van der Waals surface area contributed by atoms with Crippen LogP contribution >= 0.6 is 22.9 Å². The summed E-state index contributed by atoms with van der Waals surface area (Å²) in [6, 6.07) is 5.57. The van der Waals surface area contributed by atoms with E-state index in [-0.39, 0.29) is 17.4 Å². The molecule has 0 saturated heterocycles. The number of aromatic nitrogens is 4. The quantitative estimate of drug-likeness (QED) is 0.653. The topological polar surface area (TPSA) is 92.7 Å². The van der Waals surface area contributed by atoms with Crippen molar-refractivity contribution >= 4 is 34.7 Å². The van der Waals surface area contributed by atoms with Crippen LogP contribution in [0.2, 0.25) is 0 Å². The molecule has 136 valence electrons. The zero-order valence-electron chi connectivity index (χ0n) is 14.5. The normalized spacial score (nSPS) is 12.2. The number of thiophene rings is 1. The summed E-state index contributed by atoms with van der Waals surface area (Å²) in [5, 5.41) is 8.47. The lowest BCUT2D eigenvalue weighted by Gasteiger charge is -2.10. The number of hydrogen-bond donors (Lipinski definition) is 2. The standard InChI is InChI=1S/C17H18ClN5O2S/c1-4-11-10(3)19-17(21-16(11)25)23-14(20-15(24)9(2)18)8-12(22-23)13-6-5-7-26-13/h5-9H,4H2,1-3H3,(H,20,24)(H,19,21,25). The number of carbonyl (C=O) groups excluding carboxylic acids is 1. The molecule has 2 N–H and O–H groups in total. The lowest BCUT2D eigenvalue weighted by molar-refractivity contribution is -0.115. The predicted molar refractivity (Wildman–Crippen MR) is 103 cm³/mol. The van der Waals surface area contributed by atoms with E-state index in [0.29, 0.717) is 29.2 Å². The molecular weight excluding hydrogens is 374 g/mol. The van der Waals surface area contributed by atoms with Gasteiger partial charge in [-0.2, -0.15) is 9.78 Å². The van der Waals surface area contributed by atoms with Gasteiger partial charge in [-0.15, -0.1) is 22.9 Å². The first kappa shape index (κ1) is 18.3. The number of nitrogens with one attached hydrogen (secondary N) is 2. The molecule has 1 unspecified atom stereocenters. The van der Waals surface area contributed by atoms with E-state index >= 15 is 0 Å². The fourth-order valence-corrected chi connectivity index (χ4v) is 3.25. The van der Waals surface area contributed by atoms with Crippen molar-refractivity contribution in [1.29, 1.82) is 0 Å². The Bertz CT molecular complexity index is 991. The Hall–Kier alpha value is -2.45. The zero-order valence-corrected chi connectivity index (χ0v) is 16.1. The summed E-state index contributed by atoms with van der Waals surface area (Å²) in [5.74, 6) is 0.262. The van der Waals surface area contributed by atoms with Crippen LogP contribution in [0.1, 0.15) is 25.1 Å². The van der Waals surface area contributed by atoms with Crippen LogP contribution in [-0.4, -0.2) is 31.0 Å². The van der Waals surface area contributed by atoms with E-state index < -0.39 is 5.38 Å². The van der Waals surface area contributed by atoms with Crippen molar-refractivity contribution in [3.63, 3.8) is 0 Å². The van der Waals surface area contributed by atoms with Crippen LogP contribution in [0.4, 0.5) is 5.82 Å². The van der Waals surface area contributed by atoms with E-state index in [2.05, 4.69) is 20.4 Å². The monoisotopic (exact) mass is 391 g/mol. The van der Waals surface area contributed by atoms with Gasteiger partial charge in [0.2, 0.25) is 11.9 Å². The molecule has 0 aliphatic carbocycles. The summed E-state index contributed by atoms with van der Waals surface area (Å²) in [5.41, 5.74) is 1.70. The molecule has 3 aromatic rings. The molecule has 26 heavy (non-hydrogen) atoms. The number of aryl methyl sites for hydroxylation is 1. The Balaban J connectivity index is 2.13. The van der Waals surface area contributed by atoms with E-state index in [1.54, 1.807) is 19.9 Å². The second-order valence-corrected chi connectivity index (χ2v) is 7.32. The molecule has 1 atom stereocenters. The van der Waals surface area contributed by atoms with Gasteiger partial charge in [-0.25, -0.2) is 4.98 Å². The molecule has 1 amide bonds. The van der Waals surface area contributed by atoms with E-state index in [1.807, 2.05) is 24.4 Å². The molecule has 3 heterocycles. The summed E-state index contributed by atoms with van der Waals surface area (Å²) < 4.78 is 1.42. The molecule has 0 bridgehead atoms. The molecule has 0 saturated carbocycles. The minimum atomic E-state index is -0.709. The molecule has 3 rings (SSSR count). The van der Waals surface area contributed by atoms with Gasteiger partial charge in [0, 0.05) is 17.3 Å². The van der Waals surface area contributed by atoms with Crippen molar-refractivity contribution in [1.82, 2.24) is 19.7 Å². The summed E-state index contributed by atoms with van der Waals surface area (Å²) in [6.07, 6.45) is 0.585. The Morgan fingerprint density at radius 2 is 2.27 bits per heavy atom. The fourth-order valence-electron chi connectivity index (χ4n) is 2.51. The van der Waals surface area contributed by atoms with Crippen molar-refractivity contribution in [3.8, 4) is 16.5 Å². The average molecular weight is 392 g/mol. The largest absolute Gasteiger partial charge is 0.309 e. The first-order valence-electron chi connectivity index (χ1n) is 8.09. The third-order valence-corrected chi connectivity index (χ3v) is 4.95. The van der Waals surface area contributed by atoms with Crippen LogP contribution in [0.25, 0.3) is 16.5 Å². The van der Waals surface area contributed by atoms with Gasteiger partial charge in [-0.05, 0) is 31.7 Å². The van der Waals surface area contributed by atoms with Crippen molar-refractivity contribution in [2.75, 3.05) is 5.32 Å². The van der Waals surface area contributed by atoms with E-state index in [1.165, 1.54) is 16.0 Å². The minimum absolute atomic E-state index is 0.217.